The molecule has 18 heavy (non-hydrogen) atoms. The summed E-state index contributed by atoms with van der Waals surface area (Å²) in [5, 5.41) is 3.54. The van der Waals surface area contributed by atoms with E-state index in [0.717, 1.165) is 19.0 Å². The van der Waals surface area contributed by atoms with Crippen molar-refractivity contribution < 1.29 is 0 Å². The van der Waals surface area contributed by atoms with Gasteiger partial charge in [0.2, 0.25) is 0 Å². The molecule has 1 unspecified atom stereocenters. The van der Waals surface area contributed by atoms with Crippen molar-refractivity contribution in [3.05, 3.63) is 30.1 Å². The van der Waals surface area contributed by atoms with E-state index < -0.39 is 0 Å². The number of piperidine rings is 1. The van der Waals surface area contributed by atoms with Gasteiger partial charge in [0.25, 0.3) is 0 Å². The van der Waals surface area contributed by atoms with Gasteiger partial charge in [-0.15, -0.1) is 0 Å². The van der Waals surface area contributed by atoms with Gasteiger partial charge in [-0.25, -0.2) is 0 Å². The fourth-order valence-corrected chi connectivity index (χ4v) is 2.61. The summed E-state index contributed by atoms with van der Waals surface area (Å²) in [6.07, 6.45) is 7.90. The third-order valence-corrected chi connectivity index (χ3v) is 3.59. The van der Waals surface area contributed by atoms with Gasteiger partial charge in [0.05, 0.1) is 0 Å². The summed E-state index contributed by atoms with van der Waals surface area (Å²) >= 11 is 0. The summed E-state index contributed by atoms with van der Waals surface area (Å²) in [5.41, 5.74) is 1.31. The van der Waals surface area contributed by atoms with Gasteiger partial charge < -0.3 is 10.2 Å². The Labute approximate surface area is 111 Å². The standard InChI is InChI=1S/C15H25N3/c1-14(13-18-9-3-2-4-10-18)11-17-12-15-5-7-16-8-6-15/h5-8,14,17H,2-4,9-13H2,1H3. The van der Waals surface area contributed by atoms with Crippen molar-refractivity contribution in [1.82, 2.24) is 15.2 Å². The fourth-order valence-electron chi connectivity index (χ4n) is 2.61. The van der Waals surface area contributed by atoms with Crippen LogP contribution in [0.4, 0.5) is 0 Å². The molecule has 0 bridgehead atoms. The topological polar surface area (TPSA) is 28.2 Å². The van der Waals surface area contributed by atoms with Gasteiger partial charge in [0.1, 0.15) is 0 Å². The highest BCUT2D eigenvalue weighted by atomic mass is 15.1. The van der Waals surface area contributed by atoms with Crippen molar-refractivity contribution in [2.24, 2.45) is 5.92 Å². The largest absolute Gasteiger partial charge is 0.312 e. The van der Waals surface area contributed by atoms with E-state index in [1.165, 1.54) is 44.5 Å². The number of pyridine rings is 1. The van der Waals surface area contributed by atoms with Crippen molar-refractivity contribution in [1.29, 1.82) is 0 Å². The smallest absolute Gasteiger partial charge is 0.0271 e. The van der Waals surface area contributed by atoms with Crippen molar-refractivity contribution in [2.75, 3.05) is 26.2 Å². The first-order valence-electron chi connectivity index (χ1n) is 7.16. The molecule has 0 aliphatic carbocycles. The lowest BCUT2D eigenvalue weighted by molar-refractivity contribution is 0.199. The van der Waals surface area contributed by atoms with E-state index in [4.69, 9.17) is 0 Å². The summed E-state index contributed by atoms with van der Waals surface area (Å²) in [5.74, 6) is 0.727. The molecule has 0 spiro atoms. The Hall–Kier alpha value is -0.930. The van der Waals surface area contributed by atoms with Crippen LogP contribution in [0.15, 0.2) is 24.5 Å². The molecule has 1 aliphatic rings. The van der Waals surface area contributed by atoms with Crippen molar-refractivity contribution in [2.45, 2.75) is 32.7 Å². The average molecular weight is 247 g/mol. The quantitative estimate of drug-likeness (QED) is 0.836. The number of hydrogen-bond donors (Lipinski definition) is 1. The van der Waals surface area contributed by atoms with Crippen LogP contribution in [0.1, 0.15) is 31.7 Å². The van der Waals surface area contributed by atoms with Crippen molar-refractivity contribution >= 4 is 0 Å². The summed E-state index contributed by atoms with van der Waals surface area (Å²) in [6, 6.07) is 4.14. The molecular formula is C15H25N3. The Kier molecular flexibility index (Phi) is 5.62. The van der Waals surface area contributed by atoms with E-state index in [1.54, 1.807) is 0 Å². The van der Waals surface area contributed by atoms with Gasteiger partial charge in [0, 0.05) is 25.5 Å². The molecule has 1 atom stereocenters. The lowest BCUT2D eigenvalue weighted by Crippen LogP contribution is -2.36. The molecule has 1 aliphatic heterocycles. The first kappa shape index (κ1) is 13.5. The molecule has 3 nitrogen and oxygen atoms in total. The lowest BCUT2D eigenvalue weighted by atomic mass is 10.1. The molecule has 3 heteroatoms. The highest BCUT2D eigenvalue weighted by Gasteiger charge is 2.12. The predicted octanol–water partition coefficient (Wildman–Crippen LogP) is 2.29. The Bertz CT molecular complexity index is 320. The van der Waals surface area contributed by atoms with Crippen LogP contribution >= 0.6 is 0 Å². The number of nitrogens with zero attached hydrogens (tertiary/aromatic N) is 2. The minimum absolute atomic E-state index is 0.727. The molecular weight excluding hydrogens is 222 g/mol. The minimum Gasteiger partial charge on any atom is -0.312 e. The molecule has 0 saturated carbocycles. The summed E-state index contributed by atoms with van der Waals surface area (Å²) in [7, 11) is 0. The average Bonchev–Trinajstić information content (AvgIpc) is 2.41. The maximum Gasteiger partial charge on any atom is 0.0271 e. The Morgan fingerprint density at radius 3 is 2.67 bits per heavy atom. The van der Waals surface area contributed by atoms with Crippen LogP contribution in [0.3, 0.4) is 0 Å². The number of rotatable bonds is 6. The summed E-state index contributed by atoms with van der Waals surface area (Å²) in [4.78, 5) is 6.64. The molecule has 1 aromatic rings. The monoisotopic (exact) mass is 247 g/mol. The van der Waals surface area contributed by atoms with Gasteiger partial charge in [0.15, 0.2) is 0 Å². The molecule has 2 rings (SSSR count). The molecule has 0 radical (unpaired) electrons. The first-order valence-corrected chi connectivity index (χ1v) is 7.16. The van der Waals surface area contributed by atoms with Crippen LogP contribution in [0.25, 0.3) is 0 Å². The maximum absolute atomic E-state index is 4.03. The molecule has 2 heterocycles. The zero-order valence-corrected chi connectivity index (χ0v) is 11.4. The molecule has 0 amide bonds. The van der Waals surface area contributed by atoms with Crippen molar-refractivity contribution in [3.63, 3.8) is 0 Å². The number of aromatic nitrogens is 1. The van der Waals surface area contributed by atoms with E-state index in [9.17, 15) is 0 Å². The third kappa shape index (κ3) is 4.75. The highest BCUT2D eigenvalue weighted by molar-refractivity contribution is 5.08. The highest BCUT2D eigenvalue weighted by Crippen LogP contribution is 2.10. The van der Waals surface area contributed by atoms with Gasteiger partial charge in [-0.3, -0.25) is 4.98 Å². The van der Waals surface area contributed by atoms with Gasteiger partial charge >= 0.3 is 0 Å². The van der Waals surface area contributed by atoms with Gasteiger partial charge in [-0.1, -0.05) is 13.3 Å². The first-order chi connectivity index (χ1) is 8.84. The van der Waals surface area contributed by atoms with E-state index in [-0.39, 0.29) is 0 Å². The molecule has 1 aromatic heterocycles. The Morgan fingerprint density at radius 1 is 1.22 bits per heavy atom. The normalized spacial score (nSPS) is 18.7. The Morgan fingerprint density at radius 2 is 1.94 bits per heavy atom. The second kappa shape index (κ2) is 7.49. The number of likely N-dealkylation sites (tertiary alicyclic amines) is 1. The maximum atomic E-state index is 4.03. The van der Waals surface area contributed by atoms with Crippen LogP contribution < -0.4 is 5.32 Å². The summed E-state index contributed by atoms with van der Waals surface area (Å²) in [6.45, 7) is 8.23. The zero-order valence-electron chi connectivity index (χ0n) is 11.4. The van der Waals surface area contributed by atoms with Crippen molar-refractivity contribution in [3.8, 4) is 0 Å². The predicted molar refractivity (Wildman–Crippen MR) is 75.4 cm³/mol. The van der Waals surface area contributed by atoms with E-state index in [0.29, 0.717) is 0 Å². The van der Waals surface area contributed by atoms with Crippen LogP contribution in [0.2, 0.25) is 0 Å². The number of hydrogen-bond acceptors (Lipinski definition) is 3. The SMILES string of the molecule is CC(CNCc1ccncc1)CN1CCCCC1. The van der Waals surface area contributed by atoms with E-state index in [1.807, 2.05) is 12.4 Å². The second-order valence-electron chi connectivity index (χ2n) is 5.45. The van der Waals surface area contributed by atoms with E-state index >= 15 is 0 Å². The van der Waals surface area contributed by atoms with Crippen LogP contribution in [0.5, 0.6) is 0 Å². The molecule has 1 saturated heterocycles. The van der Waals surface area contributed by atoms with Crippen LogP contribution in [-0.4, -0.2) is 36.1 Å². The number of nitrogens with one attached hydrogen (secondary N) is 1. The molecule has 1 fully saturated rings. The third-order valence-electron chi connectivity index (χ3n) is 3.59. The minimum atomic E-state index is 0.727. The zero-order chi connectivity index (χ0) is 12.6. The second-order valence-corrected chi connectivity index (χ2v) is 5.45. The van der Waals surface area contributed by atoms with Crippen LogP contribution in [0, 0.1) is 5.92 Å². The summed E-state index contributed by atoms with van der Waals surface area (Å²) < 4.78 is 0. The van der Waals surface area contributed by atoms with Gasteiger partial charge in [-0.2, -0.15) is 0 Å². The van der Waals surface area contributed by atoms with Crippen LogP contribution in [-0.2, 0) is 6.54 Å². The lowest BCUT2D eigenvalue weighted by Gasteiger charge is -2.29. The van der Waals surface area contributed by atoms with Gasteiger partial charge in [-0.05, 0) is 56.1 Å². The fraction of sp³-hybridized carbons (Fsp3) is 0.667. The molecule has 0 aromatic carbocycles. The Balaban J connectivity index is 1.61. The molecule has 100 valence electrons. The van der Waals surface area contributed by atoms with E-state index in [2.05, 4.69) is 34.3 Å². The molecule has 1 N–H and O–H groups in total.